The van der Waals surface area contributed by atoms with Crippen LogP contribution in [0.5, 0.6) is 0 Å². The van der Waals surface area contributed by atoms with E-state index in [1.807, 2.05) is 0 Å². The van der Waals surface area contributed by atoms with Gasteiger partial charge in [-0.25, -0.2) is 0 Å². The van der Waals surface area contributed by atoms with Gasteiger partial charge in [0, 0.05) is 40.8 Å². The summed E-state index contributed by atoms with van der Waals surface area (Å²) in [6.07, 6.45) is 10.1. The molecule has 0 aliphatic heterocycles. The Balaban J connectivity index is -0.0000000741. The molecule has 0 aliphatic rings. The Bertz CT molecular complexity index is 104. The molecule has 0 spiro atoms. The molecule has 0 aromatic heterocycles. The monoisotopic (exact) mass is 391 g/mol. The van der Waals surface area contributed by atoms with Gasteiger partial charge in [-0.2, -0.15) is 12.8 Å². The molecular weight excluding hydrogens is 367 g/mol. The fraction of sp³-hybridized carbons (Fsp3) is 0.833. The van der Waals surface area contributed by atoms with E-state index < -0.39 is 8.25 Å². The molecule has 0 aromatic carbocycles. The second kappa shape index (κ2) is 30.4. The maximum Gasteiger partial charge on any atom is 0.276 e. The van der Waals surface area contributed by atoms with Crippen molar-refractivity contribution >= 4 is 8.25 Å². The molecule has 0 atom stereocenters. The Morgan fingerprint density at radius 1 is 0.882 bits per heavy atom. The molecule has 0 fully saturated rings. The van der Waals surface area contributed by atoms with Crippen LogP contribution < -0.4 is 9.79 Å². The Hall–Kier alpha value is 1.37. The van der Waals surface area contributed by atoms with Crippen molar-refractivity contribution in [1.82, 2.24) is 0 Å². The fourth-order valence-corrected chi connectivity index (χ4v) is 0.854. The zero-order chi connectivity index (χ0) is 13.2. The van der Waals surface area contributed by atoms with Crippen LogP contribution in [-0.4, -0.2) is 0 Å². The number of hydrogen-bond acceptors (Lipinski definition) is 3. The van der Waals surface area contributed by atoms with Crippen molar-refractivity contribution in [3.63, 3.8) is 0 Å². The van der Waals surface area contributed by atoms with Gasteiger partial charge in [0.05, 0.1) is 0 Å². The predicted molar refractivity (Wildman–Crippen MR) is 66.6 cm³/mol. The van der Waals surface area contributed by atoms with Crippen molar-refractivity contribution in [2.45, 2.75) is 65.2 Å². The molecule has 3 nitrogen and oxygen atoms in total. The minimum atomic E-state index is -3.37. The molecule has 0 radical (unpaired) electrons. The van der Waals surface area contributed by atoms with Crippen LogP contribution in [0.4, 0.5) is 0 Å². The smallest absolute Gasteiger partial charge is 0.276 e. The Kier molecular flexibility index (Phi) is 48.0. The van der Waals surface area contributed by atoms with Crippen molar-refractivity contribution in [1.29, 1.82) is 0 Å². The molecule has 0 saturated heterocycles. The fourth-order valence-electron chi connectivity index (χ4n) is 0.854. The van der Waals surface area contributed by atoms with Gasteiger partial charge < -0.3 is 23.6 Å². The predicted octanol–water partition coefficient (Wildman–Crippen LogP) is 3.17. The van der Waals surface area contributed by atoms with Crippen molar-refractivity contribution in [3.05, 3.63) is 13.8 Å². The summed E-state index contributed by atoms with van der Waals surface area (Å²) in [5, 5.41) is 0. The van der Waals surface area contributed by atoms with Gasteiger partial charge in [-0.05, 0) is 0 Å². The van der Waals surface area contributed by atoms with E-state index in [-0.39, 0.29) is 40.8 Å². The number of unbranched alkanes of at least 4 members (excludes halogenated alkanes) is 6. The standard InChI is InChI=1S/2C6H13.Nd.HO3P/c2*1-3-5-6-4-2;;1-4(2)3/h2*1,3-6H2,2H3;;(H,1,2,3)/q2*-1;;/p-1. The van der Waals surface area contributed by atoms with Crippen LogP contribution in [0.3, 0.4) is 0 Å². The molecule has 0 amide bonds. The van der Waals surface area contributed by atoms with Gasteiger partial charge >= 0.3 is 0 Å². The normalized spacial score (nSPS) is 7.88. The maximum absolute atomic E-state index is 8.48. The summed E-state index contributed by atoms with van der Waals surface area (Å²) >= 11 is 0. The van der Waals surface area contributed by atoms with E-state index in [2.05, 4.69) is 27.7 Å². The first-order valence-corrected chi connectivity index (χ1v) is 7.06. The van der Waals surface area contributed by atoms with Gasteiger partial charge in [0.25, 0.3) is 8.25 Å². The van der Waals surface area contributed by atoms with Crippen molar-refractivity contribution < 1.29 is 55.2 Å². The average molecular weight is 394 g/mol. The second-order valence-electron chi connectivity index (χ2n) is 3.34. The van der Waals surface area contributed by atoms with E-state index in [9.17, 15) is 0 Å². The molecule has 0 aromatic rings. The van der Waals surface area contributed by atoms with Crippen LogP contribution in [-0.2, 0) is 4.57 Å². The van der Waals surface area contributed by atoms with E-state index in [1.165, 1.54) is 38.5 Å². The van der Waals surface area contributed by atoms with Gasteiger partial charge in [-0.3, -0.25) is 0 Å². The topological polar surface area (TPSA) is 63.2 Å². The van der Waals surface area contributed by atoms with Crippen LogP contribution in [0.1, 0.15) is 65.2 Å². The molecule has 0 heterocycles. The van der Waals surface area contributed by atoms with Gasteiger partial charge in [0.2, 0.25) is 0 Å². The van der Waals surface area contributed by atoms with Crippen LogP contribution in [0.15, 0.2) is 0 Å². The molecule has 5 heteroatoms. The molecule has 0 bridgehead atoms. The third-order valence-corrected chi connectivity index (χ3v) is 1.71. The van der Waals surface area contributed by atoms with Gasteiger partial charge in [0.15, 0.2) is 0 Å². The molecule has 0 unspecified atom stereocenters. The Morgan fingerprint density at radius 2 is 1.12 bits per heavy atom. The molecule has 0 N–H and O–H groups in total. The van der Waals surface area contributed by atoms with Crippen molar-refractivity contribution in [2.75, 3.05) is 0 Å². The SMILES string of the molecule is O=[P+]([O-])[O-].[CH2-]CCCCC.[CH2-]CCCCC.[Nd]. The summed E-state index contributed by atoms with van der Waals surface area (Å²) < 4.78 is 8.48. The number of rotatable bonds is 6. The van der Waals surface area contributed by atoms with E-state index >= 15 is 0 Å². The van der Waals surface area contributed by atoms with Gasteiger partial charge in [-0.1, -0.05) is 56.9 Å². The molecule has 104 valence electrons. The van der Waals surface area contributed by atoms with Gasteiger partial charge in [0.1, 0.15) is 0 Å². The first kappa shape index (κ1) is 26.8. The summed E-state index contributed by atoms with van der Waals surface area (Å²) in [6, 6.07) is 0. The second-order valence-corrected chi connectivity index (χ2v) is 3.79. The van der Waals surface area contributed by atoms with Crippen LogP contribution in [0.25, 0.3) is 0 Å². The van der Waals surface area contributed by atoms with E-state index in [0.29, 0.717) is 0 Å². The molecule has 0 aliphatic carbocycles. The zero-order valence-electron chi connectivity index (χ0n) is 11.2. The van der Waals surface area contributed by atoms with E-state index in [1.54, 1.807) is 0 Å². The van der Waals surface area contributed by atoms with Gasteiger partial charge in [-0.15, -0.1) is 0 Å². The number of hydrogen-bond donors (Lipinski definition) is 0. The molecule has 0 rings (SSSR count). The Labute approximate surface area is 141 Å². The van der Waals surface area contributed by atoms with Crippen molar-refractivity contribution in [3.8, 4) is 0 Å². The summed E-state index contributed by atoms with van der Waals surface area (Å²) in [5.41, 5.74) is 0. The molecule has 17 heavy (non-hydrogen) atoms. The summed E-state index contributed by atoms with van der Waals surface area (Å²) in [4.78, 5) is 17.0. The van der Waals surface area contributed by atoms with Crippen LogP contribution in [0, 0.1) is 54.7 Å². The maximum atomic E-state index is 8.48. The Morgan fingerprint density at radius 3 is 1.18 bits per heavy atom. The minimum Gasteiger partial charge on any atom is -0.598 e. The average Bonchev–Trinajstić information content (AvgIpc) is 2.23. The molecular formula is C12H26NdO3P-3. The van der Waals surface area contributed by atoms with E-state index in [0.717, 1.165) is 12.8 Å². The summed E-state index contributed by atoms with van der Waals surface area (Å²) in [5.74, 6) is 0. The summed E-state index contributed by atoms with van der Waals surface area (Å²) in [6.45, 7) is 11.9. The van der Waals surface area contributed by atoms with Crippen molar-refractivity contribution in [2.24, 2.45) is 0 Å². The first-order chi connectivity index (χ1) is 7.56. The third-order valence-electron chi connectivity index (χ3n) is 1.71. The summed E-state index contributed by atoms with van der Waals surface area (Å²) in [7, 11) is -3.37. The third kappa shape index (κ3) is 75.5. The van der Waals surface area contributed by atoms with Crippen LogP contribution in [0.2, 0.25) is 0 Å². The molecule has 0 saturated carbocycles. The largest absolute Gasteiger partial charge is 0.598 e. The first-order valence-electron chi connectivity index (χ1n) is 5.96. The minimum absolute atomic E-state index is 0. The quantitative estimate of drug-likeness (QED) is 0.396. The van der Waals surface area contributed by atoms with E-state index in [4.69, 9.17) is 14.4 Å². The zero-order valence-corrected chi connectivity index (χ0v) is 15.3. The van der Waals surface area contributed by atoms with Crippen LogP contribution >= 0.6 is 8.25 Å².